The Morgan fingerprint density at radius 2 is 2.08 bits per heavy atom. The summed E-state index contributed by atoms with van der Waals surface area (Å²) in [7, 11) is 0. The lowest BCUT2D eigenvalue weighted by molar-refractivity contribution is 0.572. The fourth-order valence-corrected chi connectivity index (χ4v) is 5.08. The molecule has 1 N–H and O–H groups in total. The molecule has 0 saturated heterocycles. The van der Waals surface area contributed by atoms with Gasteiger partial charge in [0.1, 0.15) is 22.8 Å². The molecule has 3 aromatic rings. The van der Waals surface area contributed by atoms with E-state index >= 15 is 0 Å². The Balaban J connectivity index is 1.54. The minimum absolute atomic E-state index is 0.350. The van der Waals surface area contributed by atoms with Crippen LogP contribution >= 0.6 is 11.3 Å². The van der Waals surface area contributed by atoms with E-state index in [0.717, 1.165) is 23.9 Å². The Kier molecular flexibility index (Phi) is 3.92. The molecular weight excluding hydrogens is 344 g/mol. The van der Waals surface area contributed by atoms with E-state index in [0.29, 0.717) is 18.5 Å². The third kappa shape index (κ3) is 2.78. The number of hydrogen-bond donors (Lipinski definition) is 1. The molecule has 3 heterocycles. The van der Waals surface area contributed by atoms with Gasteiger partial charge < -0.3 is 9.88 Å². The summed E-state index contributed by atoms with van der Waals surface area (Å²) >= 11 is 1.88. The molecule has 0 spiro atoms. The van der Waals surface area contributed by atoms with E-state index in [1.165, 1.54) is 52.8 Å². The highest BCUT2D eigenvalue weighted by Crippen LogP contribution is 2.43. The van der Waals surface area contributed by atoms with Crippen LogP contribution in [-0.2, 0) is 19.4 Å². The zero-order chi connectivity index (χ0) is 17.7. The van der Waals surface area contributed by atoms with Crippen molar-refractivity contribution in [3.05, 3.63) is 28.4 Å². The molecule has 0 amide bonds. The van der Waals surface area contributed by atoms with Crippen molar-refractivity contribution in [1.29, 1.82) is 0 Å². The summed E-state index contributed by atoms with van der Waals surface area (Å²) in [6.45, 7) is 4.94. The van der Waals surface area contributed by atoms with Gasteiger partial charge in [-0.05, 0) is 57.9 Å². The van der Waals surface area contributed by atoms with Crippen LogP contribution in [0.25, 0.3) is 10.2 Å². The number of rotatable bonds is 5. The molecule has 2 aliphatic rings. The molecule has 1 saturated carbocycles. The third-order valence-corrected chi connectivity index (χ3v) is 6.58. The van der Waals surface area contributed by atoms with Gasteiger partial charge in [0.2, 0.25) is 0 Å². The number of hydrogen-bond acceptors (Lipinski definition) is 6. The summed E-state index contributed by atoms with van der Waals surface area (Å²) in [5.41, 5.74) is 1.48. The highest BCUT2D eigenvalue weighted by molar-refractivity contribution is 7.19. The molecule has 2 aliphatic carbocycles. The Labute approximate surface area is 157 Å². The normalized spacial score (nSPS) is 17.0. The molecular formula is C19H24N6S. The fourth-order valence-electron chi connectivity index (χ4n) is 3.81. The van der Waals surface area contributed by atoms with Crippen molar-refractivity contribution >= 4 is 27.4 Å². The summed E-state index contributed by atoms with van der Waals surface area (Å²) < 4.78 is 2.11. The van der Waals surface area contributed by atoms with Crippen LogP contribution in [-0.4, -0.2) is 24.7 Å². The minimum Gasteiger partial charge on any atom is -0.362 e. The lowest BCUT2D eigenvalue weighted by Crippen LogP contribution is -2.12. The zero-order valence-electron chi connectivity index (χ0n) is 15.3. The smallest absolute Gasteiger partial charge is 0.152 e. The van der Waals surface area contributed by atoms with Gasteiger partial charge in [-0.25, -0.2) is 9.97 Å². The van der Waals surface area contributed by atoms with Crippen LogP contribution < -0.4 is 5.32 Å². The highest BCUT2D eigenvalue weighted by Gasteiger charge is 2.29. The molecule has 0 radical (unpaired) electrons. The monoisotopic (exact) mass is 368 g/mol. The van der Waals surface area contributed by atoms with Crippen LogP contribution in [0.4, 0.5) is 5.82 Å². The van der Waals surface area contributed by atoms with Gasteiger partial charge in [-0.15, -0.1) is 21.5 Å². The summed E-state index contributed by atoms with van der Waals surface area (Å²) in [6, 6.07) is 0.350. The summed E-state index contributed by atoms with van der Waals surface area (Å²) in [5, 5.41) is 13.2. The second-order valence-corrected chi connectivity index (χ2v) is 8.78. The number of fused-ring (bicyclic) bond motifs is 3. The molecule has 0 atom stereocenters. The topological polar surface area (TPSA) is 68.5 Å². The zero-order valence-corrected chi connectivity index (χ0v) is 16.1. The Morgan fingerprint density at radius 3 is 2.88 bits per heavy atom. The lowest BCUT2D eigenvalue weighted by Gasteiger charge is -2.14. The number of aromatic nitrogens is 5. The van der Waals surface area contributed by atoms with Crippen molar-refractivity contribution in [1.82, 2.24) is 24.7 Å². The third-order valence-electron chi connectivity index (χ3n) is 5.39. The second-order valence-electron chi connectivity index (χ2n) is 7.70. The van der Waals surface area contributed by atoms with Crippen LogP contribution in [0.3, 0.4) is 0 Å². The number of aryl methyl sites for hydroxylation is 2. The molecule has 26 heavy (non-hydrogen) atoms. The molecule has 0 unspecified atom stereocenters. The predicted octanol–water partition coefficient (Wildman–Crippen LogP) is 4.23. The molecule has 5 rings (SSSR count). The average Bonchev–Trinajstić information content (AvgIpc) is 3.26. The first-order valence-electron chi connectivity index (χ1n) is 9.65. The fraction of sp³-hybridized carbons (Fsp3) is 0.579. The number of thiophene rings is 1. The van der Waals surface area contributed by atoms with E-state index < -0.39 is 0 Å². The Hall–Kier alpha value is -2.02. The maximum atomic E-state index is 4.94. The van der Waals surface area contributed by atoms with Gasteiger partial charge in [0.05, 0.1) is 11.9 Å². The number of anilines is 1. The predicted molar refractivity (Wildman–Crippen MR) is 104 cm³/mol. The van der Waals surface area contributed by atoms with E-state index in [-0.39, 0.29) is 0 Å². The highest BCUT2D eigenvalue weighted by atomic mass is 32.1. The first kappa shape index (κ1) is 16.2. The molecule has 0 bridgehead atoms. The molecule has 7 heteroatoms. The van der Waals surface area contributed by atoms with Gasteiger partial charge in [0.25, 0.3) is 0 Å². The van der Waals surface area contributed by atoms with Crippen molar-refractivity contribution in [2.75, 3.05) is 5.32 Å². The van der Waals surface area contributed by atoms with Crippen molar-refractivity contribution in [2.45, 2.75) is 70.9 Å². The maximum Gasteiger partial charge on any atom is 0.152 e. The van der Waals surface area contributed by atoms with Crippen molar-refractivity contribution in [3.8, 4) is 0 Å². The standard InChI is InChI=1S/C19H24N6S/c1-11(2)25-10-21-24-15(25)9-20-18-16-13-5-3-4-6-14(13)26-19(16)23-17(22-18)12-7-8-12/h10-12H,3-9H2,1-2H3,(H,20,22,23). The number of nitrogens with zero attached hydrogens (tertiary/aromatic N) is 5. The molecule has 136 valence electrons. The first-order valence-corrected chi connectivity index (χ1v) is 10.5. The number of nitrogens with one attached hydrogen (secondary N) is 1. The van der Waals surface area contributed by atoms with E-state index in [2.05, 4.69) is 33.9 Å². The summed E-state index contributed by atoms with van der Waals surface area (Å²) in [6.07, 6.45) is 9.15. The van der Waals surface area contributed by atoms with Crippen LogP contribution in [0.5, 0.6) is 0 Å². The molecule has 0 aromatic carbocycles. The minimum atomic E-state index is 0.350. The van der Waals surface area contributed by atoms with Crippen molar-refractivity contribution < 1.29 is 0 Å². The van der Waals surface area contributed by atoms with Gasteiger partial charge in [-0.3, -0.25) is 0 Å². The largest absolute Gasteiger partial charge is 0.362 e. The summed E-state index contributed by atoms with van der Waals surface area (Å²) in [5.74, 6) is 3.51. The van der Waals surface area contributed by atoms with Crippen LogP contribution in [0.1, 0.15) is 73.6 Å². The maximum absolute atomic E-state index is 4.94. The van der Waals surface area contributed by atoms with Gasteiger partial charge in [-0.1, -0.05) is 0 Å². The average molecular weight is 369 g/mol. The van der Waals surface area contributed by atoms with Crippen molar-refractivity contribution in [3.63, 3.8) is 0 Å². The van der Waals surface area contributed by atoms with Crippen LogP contribution in [0.15, 0.2) is 6.33 Å². The van der Waals surface area contributed by atoms with Gasteiger partial charge in [0, 0.05) is 16.8 Å². The van der Waals surface area contributed by atoms with E-state index in [1.807, 2.05) is 11.3 Å². The Morgan fingerprint density at radius 1 is 1.23 bits per heavy atom. The van der Waals surface area contributed by atoms with Gasteiger partial charge >= 0.3 is 0 Å². The quantitative estimate of drug-likeness (QED) is 0.730. The van der Waals surface area contributed by atoms with E-state index in [9.17, 15) is 0 Å². The lowest BCUT2D eigenvalue weighted by atomic mass is 9.97. The van der Waals surface area contributed by atoms with Gasteiger partial charge in [0.15, 0.2) is 5.82 Å². The first-order chi connectivity index (χ1) is 12.7. The molecule has 0 aliphatic heterocycles. The molecule has 6 nitrogen and oxygen atoms in total. The molecule has 1 fully saturated rings. The van der Waals surface area contributed by atoms with E-state index in [1.54, 1.807) is 6.33 Å². The Bertz CT molecular complexity index is 952. The SMILES string of the molecule is CC(C)n1cnnc1CNc1nc(C2CC2)nc2sc3c(c12)CCCC3. The van der Waals surface area contributed by atoms with Gasteiger partial charge in [-0.2, -0.15) is 0 Å². The van der Waals surface area contributed by atoms with Crippen molar-refractivity contribution in [2.24, 2.45) is 0 Å². The van der Waals surface area contributed by atoms with Crippen LogP contribution in [0.2, 0.25) is 0 Å². The van der Waals surface area contributed by atoms with Crippen LogP contribution in [0, 0.1) is 0 Å². The molecule has 3 aromatic heterocycles. The van der Waals surface area contributed by atoms with E-state index in [4.69, 9.17) is 9.97 Å². The second kappa shape index (κ2) is 6.30. The summed E-state index contributed by atoms with van der Waals surface area (Å²) in [4.78, 5) is 12.6.